The number of esters is 1. The fourth-order valence-electron chi connectivity index (χ4n) is 2.01. The van der Waals surface area contributed by atoms with E-state index in [1.54, 1.807) is 30.3 Å². The van der Waals surface area contributed by atoms with Crippen molar-refractivity contribution in [3.05, 3.63) is 71.8 Å². The number of benzene rings is 2. The van der Waals surface area contributed by atoms with Gasteiger partial charge in [-0.05, 0) is 11.1 Å². The molecule has 0 aromatic heterocycles. The van der Waals surface area contributed by atoms with Crippen LogP contribution < -0.4 is 0 Å². The second-order valence-corrected chi connectivity index (χ2v) is 4.76. The number of rotatable bonds is 6. The van der Waals surface area contributed by atoms with E-state index in [1.165, 1.54) is 0 Å². The van der Waals surface area contributed by atoms with E-state index in [1.807, 2.05) is 30.3 Å². The van der Waals surface area contributed by atoms with Gasteiger partial charge in [0, 0.05) is 6.42 Å². The molecule has 2 aromatic rings. The number of hydrogen-bond donors (Lipinski definition) is 2. The number of ether oxygens (including phenoxy) is 1. The summed E-state index contributed by atoms with van der Waals surface area (Å²) in [6.45, 7) is -0.570. The Morgan fingerprint density at radius 2 is 1.57 bits per heavy atom. The summed E-state index contributed by atoms with van der Waals surface area (Å²) in [5.74, 6) is -0.841. The van der Waals surface area contributed by atoms with Crippen molar-refractivity contribution in [1.82, 2.24) is 0 Å². The van der Waals surface area contributed by atoms with Gasteiger partial charge in [0.1, 0.15) is 0 Å². The fraction of sp³-hybridized carbons (Fsp3) is 0.235. The molecule has 0 aliphatic rings. The topological polar surface area (TPSA) is 66.8 Å². The molecule has 2 aromatic carbocycles. The molecule has 1 unspecified atom stereocenters. The van der Waals surface area contributed by atoms with Crippen molar-refractivity contribution in [3.63, 3.8) is 0 Å². The molecular formula is C17H18O4. The zero-order chi connectivity index (χ0) is 15.1. The maximum absolute atomic E-state index is 12.1. The molecule has 0 aliphatic carbocycles. The quantitative estimate of drug-likeness (QED) is 0.792. The molecule has 0 saturated heterocycles. The molecule has 4 heteroatoms. The van der Waals surface area contributed by atoms with Crippen molar-refractivity contribution >= 4 is 5.97 Å². The first-order valence-corrected chi connectivity index (χ1v) is 6.77. The van der Waals surface area contributed by atoms with Crippen molar-refractivity contribution < 1.29 is 19.7 Å². The van der Waals surface area contributed by atoms with Crippen LogP contribution in [0, 0.1) is 0 Å². The molecule has 0 radical (unpaired) electrons. The Labute approximate surface area is 123 Å². The smallest absolute Gasteiger partial charge is 0.345 e. The summed E-state index contributed by atoms with van der Waals surface area (Å²) in [6, 6.07) is 17.9. The maximum Gasteiger partial charge on any atom is 0.345 e. The van der Waals surface area contributed by atoms with Crippen LogP contribution in [0.25, 0.3) is 0 Å². The summed E-state index contributed by atoms with van der Waals surface area (Å²) in [5, 5.41) is 19.7. The predicted molar refractivity (Wildman–Crippen MR) is 78.5 cm³/mol. The number of aliphatic hydroxyl groups excluding tert-OH is 1. The zero-order valence-corrected chi connectivity index (χ0v) is 11.6. The van der Waals surface area contributed by atoms with Crippen LogP contribution in [0.1, 0.15) is 11.1 Å². The van der Waals surface area contributed by atoms with Crippen LogP contribution in [0.15, 0.2) is 60.7 Å². The lowest BCUT2D eigenvalue weighted by atomic mass is 9.95. The van der Waals surface area contributed by atoms with E-state index in [-0.39, 0.29) is 6.61 Å². The van der Waals surface area contributed by atoms with Crippen LogP contribution in [0.2, 0.25) is 0 Å². The fourth-order valence-corrected chi connectivity index (χ4v) is 2.01. The van der Waals surface area contributed by atoms with E-state index in [9.17, 15) is 15.0 Å². The van der Waals surface area contributed by atoms with Gasteiger partial charge in [-0.2, -0.15) is 0 Å². The molecule has 0 amide bonds. The van der Waals surface area contributed by atoms with E-state index < -0.39 is 18.2 Å². The highest BCUT2D eigenvalue weighted by molar-refractivity contribution is 5.81. The molecule has 0 bridgehead atoms. The highest BCUT2D eigenvalue weighted by Gasteiger charge is 2.39. The summed E-state index contributed by atoms with van der Waals surface area (Å²) >= 11 is 0. The van der Waals surface area contributed by atoms with Gasteiger partial charge >= 0.3 is 5.97 Å². The second-order valence-electron chi connectivity index (χ2n) is 4.76. The van der Waals surface area contributed by atoms with Crippen molar-refractivity contribution in [2.75, 3.05) is 13.2 Å². The monoisotopic (exact) mass is 286 g/mol. The SMILES string of the molecule is O=C(OCCc1ccccc1)C(O)(CO)c1ccccc1. The van der Waals surface area contributed by atoms with Crippen LogP contribution in [-0.4, -0.2) is 29.4 Å². The molecule has 21 heavy (non-hydrogen) atoms. The Bertz CT molecular complexity index is 568. The third-order valence-corrected chi connectivity index (χ3v) is 3.28. The van der Waals surface area contributed by atoms with Gasteiger partial charge in [0.2, 0.25) is 5.60 Å². The van der Waals surface area contributed by atoms with E-state index in [4.69, 9.17) is 4.74 Å². The van der Waals surface area contributed by atoms with Crippen molar-refractivity contribution in [1.29, 1.82) is 0 Å². The molecule has 0 spiro atoms. The Morgan fingerprint density at radius 3 is 2.14 bits per heavy atom. The minimum atomic E-state index is -2.02. The van der Waals surface area contributed by atoms with E-state index in [0.717, 1.165) is 5.56 Å². The van der Waals surface area contributed by atoms with Gasteiger partial charge in [-0.25, -0.2) is 4.79 Å². The Balaban J connectivity index is 1.98. The van der Waals surface area contributed by atoms with E-state index >= 15 is 0 Å². The molecule has 2 N–H and O–H groups in total. The summed E-state index contributed by atoms with van der Waals surface area (Å²) in [6.07, 6.45) is 0.558. The van der Waals surface area contributed by atoms with E-state index in [2.05, 4.69) is 0 Å². The van der Waals surface area contributed by atoms with Crippen molar-refractivity contribution in [2.45, 2.75) is 12.0 Å². The molecule has 4 nitrogen and oxygen atoms in total. The van der Waals surface area contributed by atoms with Gasteiger partial charge in [-0.3, -0.25) is 0 Å². The molecule has 0 fully saturated rings. The first-order valence-electron chi connectivity index (χ1n) is 6.77. The van der Waals surface area contributed by atoms with Crippen LogP contribution in [0.5, 0.6) is 0 Å². The molecule has 0 aliphatic heterocycles. The Morgan fingerprint density at radius 1 is 1.00 bits per heavy atom. The van der Waals surface area contributed by atoms with Gasteiger partial charge < -0.3 is 14.9 Å². The lowest BCUT2D eigenvalue weighted by Gasteiger charge is -2.24. The molecule has 0 saturated carbocycles. The third-order valence-electron chi connectivity index (χ3n) is 3.28. The number of carbonyl (C=O) groups excluding carboxylic acids is 1. The third kappa shape index (κ3) is 3.68. The molecule has 0 heterocycles. The summed E-state index contributed by atoms with van der Waals surface area (Å²) < 4.78 is 5.11. The largest absolute Gasteiger partial charge is 0.463 e. The number of aliphatic hydroxyl groups is 2. The first-order chi connectivity index (χ1) is 10.2. The molecule has 1 atom stereocenters. The van der Waals surface area contributed by atoms with Gasteiger partial charge in [0.05, 0.1) is 13.2 Å². The van der Waals surface area contributed by atoms with Gasteiger partial charge in [-0.15, -0.1) is 0 Å². The first kappa shape index (κ1) is 15.2. The number of carbonyl (C=O) groups is 1. The minimum Gasteiger partial charge on any atom is -0.463 e. The van der Waals surface area contributed by atoms with Gasteiger partial charge in [0.15, 0.2) is 0 Å². The van der Waals surface area contributed by atoms with Crippen molar-refractivity contribution in [2.24, 2.45) is 0 Å². The molecular weight excluding hydrogens is 268 g/mol. The number of hydrogen-bond acceptors (Lipinski definition) is 4. The zero-order valence-electron chi connectivity index (χ0n) is 11.6. The normalized spacial score (nSPS) is 13.4. The van der Waals surface area contributed by atoms with Gasteiger partial charge in [-0.1, -0.05) is 60.7 Å². The molecule has 110 valence electrons. The lowest BCUT2D eigenvalue weighted by molar-refractivity contribution is -0.171. The predicted octanol–water partition coefficient (Wildman–Crippen LogP) is 1.65. The van der Waals surface area contributed by atoms with Crippen LogP contribution >= 0.6 is 0 Å². The minimum absolute atomic E-state index is 0.151. The van der Waals surface area contributed by atoms with Crippen LogP contribution in [0.4, 0.5) is 0 Å². The summed E-state index contributed by atoms with van der Waals surface area (Å²) in [5.41, 5.74) is -0.660. The average Bonchev–Trinajstić information content (AvgIpc) is 2.55. The summed E-state index contributed by atoms with van der Waals surface area (Å²) in [4.78, 5) is 12.1. The van der Waals surface area contributed by atoms with Crippen LogP contribution in [-0.2, 0) is 21.6 Å². The standard InChI is InChI=1S/C17H18O4/c18-13-17(20,15-9-5-2-6-10-15)16(19)21-12-11-14-7-3-1-4-8-14/h1-10,18,20H,11-13H2. The van der Waals surface area contributed by atoms with Crippen molar-refractivity contribution in [3.8, 4) is 0 Å². The second kappa shape index (κ2) is 7.02. The van der Waals surface area contributed by atoms with Crippen LogP contribution in [0.3, 0.4) is 0 Å². The summed E-state index contributed by atoms with van der Waals surface area (Å²) in [7, 11) is 0. The maximum atomic E-state index is 12.1. The lowest BCUT2D eigenvalue weighted by Crippen LogP contribution is -2.41. The highest BCUT2D eigenvalue weighted by atomic mass is 16.6. The van der Waals surface area contributed by atoms with E-state index in [0.29, 0.717) is 12.0 Å². The Hall–Kier alpha value is -2.17. The molecule has 2 rings (SSSR count). The average molecular weight is 286 g/mol. The van der Waals surface area contributed by atoms with Gasteiger partial charge in [0.25, 0.3) is 0 Å². The highest BCUT2D eigenvalue weighted by Crippen LogP contribution is 2.22. The Kier molecular flexibility index (Phi) is 5.09.